The topological polar surface area (TPSA) is 74.8 Å². The van der Waals surface area contributed by atoms with E-state index in [1.165, 1.54) is 11.3 Å². The second-order valence-electron chi connectivity index (χ2n) is 5.48. The van der Waals surface area contributed by atoms with Gasteiger partial charge in [-0.3, -0.25) is 9.59 Å². The molecule has 2 N–H and O–H groups in total. The molecule has 0 spiro atoms. The average Bonchev–Trinajstić information content (AvgIpc) is 2.85. The number of aromatic nitrogens is 2. The number of amides is 1. The van der Waals surface area contributed by atoms with E-state index in [9.17, 15) is 22.8 Å². The molecule has 9 heteroatoms. The van der Waals surface area contributed by atoms with Crippen LogP contribution in [0.1, 0.15) is 39.7 Å². The number of carbonyl (C=O) groups excluding carboxylic acids is 1. The van der Waals surface area contributed by atoms with Crippen LogP contribution in [0.15, 0.2) is 23.3 Å². The maximum atomic E-state index is 12.7. The van der Waals surface area contributed by atoms with Crippen LogP contribution < -0.4 is 10.9 Å². The van der Waals surface area contributed by atoms with Crippen molar-refractivity contribution in [3.8, 4) is 0 Å². The van der Waals surface area contributed by atoms with Gasteiger partial charge in [-0.1, -0.05) is 0 Å². The maximum Gasteiger partial charge on any atom is 0.421 e. The number of pyridine rings is 1. The molecule has 0 saturated heterocycles. The molecule has 0 saturated carbocycles. The summed E-state index contributed by atoms with van der Waals surface area (Å²) in [5, 5.41) is 3.25. The minimum absolute atomic E-state index is 0.279. The minimum atomic E-state index is -4.83. The number of nitrogens with zero attached hydrogens (tertiary/aromatic N) is 1. The van der Waals surface area contributed by atoms with Gasteiger partial charge in [0.05, 0.1) is 11.1 Å². The zero-order valence-corrected chi connectivity index (χ0v) is 13.4. The number of alkyl halides is 3. The highest BCUT2D eigenvalue weighted by molar-refractivity contribution is 7.11. The van der Waals surface area contributed by atoms with Crippen LogP contribution in [0.2, 0.25) is 0 Å². The Labute approximate surface area is 133 Å². The summed E-state index contributed by atoms with van der Waals surface area (Å²) >= 11 is 1.38. The summed E-state index contributed by atoms with van der Waals surface area (Å²) < 4.78 is 38.2. The van der Waals surface area contributed by atoms with Gasteiger partial charge < -0.3 is 10.3 Å². The van der Waals surface area contributed by atoms with Gasteiger partial charge in [-0.2, -0.15) is 13.2 Å². The summed E-state index contributed by atoms with van der Waals surface area (Å²) in [4.78, 5) is 30.5. The molecule has 2 aromatic heterocycles. The molecule has 5 nitrogen and oxygen atoms in total. The van der Waals surface area contributed by atoms with Gasteiger partial charge in [-0.25, -0.2) is 4.98 Å². The molecule has 0 radical (unpaired) electrons. The predicted molar refractivity (Wildman–Crippen MR) is 79.4 cm³/mol. The molecule has 0 aromatic carbocycles. The molecule has 2 rings (SSSR count). The van der Waals surface area contributed by atoms with Crippen LogP contribution in [-0.4, -0.2) is 15.9 Å². The second kappa shape index (κ2) is 5.80. The number of rotatable bonds is 3. The monoisotopic (exact) mass is 345 g/mol. The SMILES string of the molecule is Cc1cnc(C(C)(C)NC(=O)c2c[nH]c(=O)c(C(F)(F)F)c2)s1. The molecule has 0 aliphatic rings. The summed E-state index contributed by atoms with van der Waals surface area (Å²) in [6, 6.07) is 0.539. The van der Waals surface area contributed by atoms with Crippen LogP contribution in [-0.2, 0) is 11.7 Å². The van der Waals surface area contributed by atoms with Crippen molar-refractivity contribution in [3.05, 3.63) is 49.8 Å². The standard InChI is InChI=1S/C14H14F3N3O2S/c1-7-5-19-12(23-7)13(2,3)20-10(21)8-4-9(14(15,16)17)11(22)18-6-8/h4-6H,1-3H3,(H,18,22)(H,20,21). The lowest BCUT2D eigenvalue weighted by Crippen LogP contribution is -2.41. The van der Waals surface area contributed by atoms with Crippen LogP contribution in [0.25, 0.3) is 0 Å². The molecule has 124 valence electrons. The molecule has 0 aliphatic carbocycles. The van der Waals surface area contributed by atoms with E-state index in [0.29, 0.717) is 11.1 Å². The Hall–Kier alpha value is -2.16. The zero-order chi connectivity index (χ0) is 17.4. The fourth-order valence-electron chi connectivity index (χ4n) is 1.88. The summed E-state index contributed by atoms with van der Waals surface area (Å²) in [6.07, 6.45) is -2.22. The van der Waals surface area contributed by atoms with Gasteiger partial charge in [-0.15, -0.1) is 11.3 Å². The highest BCUT2D eigenvalue weighted by Crippen LogP contribution is 2.28. The Bertz CT molecular complexity index is 793. The van der Waals surface area contributed by atoms with Crippen molar-refractivity contribution in [1.29, 1.82) is 0 Å². The lowest BCUT2D eigenvalue weighted by Gasteiger charge is -2.24. The van der Waals surface area contributed by atoms with E-state index in [1.54, 1.807) is 20.0 Å². The van der Waals surface area contributed by atoms with E-state index < -0.39 is 28.7 Å². The van der Waals surface area contributed by atoms with Crippen molar-refractivity contribution in [2.24, 2.45) is 0 Å². The number of aryl methyl sites for hydroxylation is 1. The van der Waals surface area contributed by atoms with Gasteiger partial charge in [0, 0.05) is 17.3 Å². The third-order valence-corrected chi connectivity index (χ3v) is 4.29. The quantitative estimate of drug-likeness (QED) is 0.898. The van der Waals surface area contributed by atoms with E-state index in [4.69, 9.17) is 0 Å². The first-order valence-electron chi connectivity index (χ1n) is 6.56. The molecule has 0 bridgehead atoms. The van der Waals surface area contributed by atoms with E-state index in [1.807, 2.05) is 11.9 Å². The smallest absolute Gasteiger partial charge is 0.341 e. The number of nitrogens with one attached hydrogen (secondary N) is 2. The highest BCUT2D eigenvalue weighted by Gasteiger charge is 2.35. The van der Waals surface area contributed by atoms with Crippen LogP contribution in [0, 0.1) is 6.92 Å². The zero-order valence-electron chi connectivity index (χ0n) is 12.5. The second-order valence-corrected chi connectivity index (χ2v) is 6.72. The largest absolute Gasteiger partial charge is 0.421 e. The first-order chi connectivity index (χ1) is 10.5. The molecule has 0 fully saturated rings. The normalized spacial score (nSPS) is 12.3. The number of H-pyrrole nitrogens is 1. The Balaban J connectivity index is 2.29. The first kappa shape index (κ1) is 17.2. The number of halogens is 3. The van der Waals surface area contributed by atoms with E-state index in [2.05, 4.69) is 10.3 Å². The van der Waals surface area contributed by atoms with Crippen LogP contribution in [0.5, 0.6) is 0 Å². The van der Waals surface area contributed by atoms with Gasteiger partial charge in [0.25, 0.3) is 11.5 Å². The Morgan fingerprint density at radius 1 is 1.35 bits per heavy atom. The molecule has 1 amide bonds. The number of thiazole rings is 1. The maximum absolute atomic E-state index is 12.7. The Kier molecular flexibility index (Phi) is 4.34. The summed E-state index contributed by atoms with van der Waals surface area (Å²) in [6.45, 7) is 5.25. The lowest BCUT2D eigenvalue weighted by molar-refractivity contribution is -0.138. The molecular weight excluding hydrogens is 331 g/mol. The van der Waals surface area contributed by atoms with Crippen LogP contribution in [0.4, 0.5) is 13.2 Å². The van der Waals surface area contributed by atoms with Gasteiger partial charge in [0.1, 0.15) is 10.6 Å². The third-order valence-electron chi connectivity index (χ3n) is 3.05. The van der Waals surface area contributed by atoms with Gasteiger partial charge in [0.15, 0.2) is 0 Å². The summed E-state index contributed by atoms with van der Waals surface area (Å²) in [7, 11) is 0. The summed E-state index contributed by atoms with van der Waals surface area (Å²) in [5.41, 5.74) is -3.83. The van der Waals surface area contributed by atoms with Gasteiger partial charge in [-0.05, 0) is 26.8 Å². The number of aromatic amines is 1. The fourth-order valence-corrected chi connectivity index (χ4v) is 2.70. The number of hydrogen-bond donors (Lipinski definition) is 2. The van der Waals surface area contributed by atoms with Crippen LogP contribution >= 0.6 is 11.3 Å². The van der Waals surface area contributed by atoms with E-state index in [0.717, 1.165) is 11.1 Å². The van der Waals surface area contributed by atoms with Gasteiger partial charge in [0.2, 0.25) is 0 Å². The average molecular weight is 345 g/mol. The number of carbonyl (C=O) groups is 1. The Morgan fingerprint density at radius 2 is 2.00 bits per heavy atom. The first-order valence-corrected chi connectivity index (χ1v) is 7.38. The van der Waals surface area contributed by atoms with Crippen molar-refractivity contribution in [3.63, 3.8) is 0 Å². The van der Waals surface area contributed by atoms with E-state index >= 15 is 0 Å². The molecule has 23 heavy (non-hydrogen) atoms. The van der Waals surface area contributed by atoms with Crippen LogP contribution in [0.3, 0.4) is 0 Å². The van der Waals surface area contributed by atoms with Crippen molar-refractivity contribution < 1.29 is 18.0 Å². The highest BCUT2D eigenvalue weighted by atomic mass is 32.1. The predicted octanol–water partition coefficient (Wildman–Crippen LogP) is 2.82. The van der Waals surface area contributed by atoms with E-state index in [-0.39, 0.29) is 5.56 Å². The summed E-state index contributed by atoms with van der Waals surface area (Å²) in [5.74, 6) is -0.732. The molecular formula is C14H14F3N3O2S. The minimum Gasteiger partial charge on any atom is -0.341 e. The molecule has 0 aliphatic heterocycles. The molecule has 0 atom stereocenters. The fraction of sp³-hybridized carbons (Fsp3) is 0.357. The molecule has 0 unspecified atom stereocenters. The molecule has 2 aromatic rings. The molecule has 2 heterocycles. The van der Waals surface area contributed by atoms with Crippen molar-refractivity contribution in [2.75, 3.05) is 0 Å². The van der Waals surface area contributed by atoms with Crippen molar-refractivity contribution in [1.82, 2.24) is 15.3 Å². The Morgan fingerprint density at radius 3 is 2.52 bits per heavy atom. The van der Waals surface area contributed by atoms with Crippen molar-refractivity contribution >= 4 is 17.2 Å². The third kappa shape index (κ3) is 3.79. The number of hydrogen-bond acceptors (Lipinski definition) is 4. The lowest BCUT2D eigenvalue weighted by atomic mass is 10.1. The van der Waals surface area contributed by atoms with Crippen molar-refractivity contribution in [2.45, 2.75) is 32.5 Å². The van der Waals surface area contributed by atoms with Gasteiger partial charge >= 0.3 is 6.18 Å².